The lowest BCUT2D eigenvalue weighted by molar-refractivity contribution is 0.172. The predicted octanol–water partition coefficient (Wildman–Crippen LogP) is 2.86. The van der Waals surface area contributed by atoms with Crippen LogP contribution in [0.25, 0.3) is 0 Å². The number of anilines is 1. The van der Waals surface area contributed by atoms with E-state index in [0.29, 0.717) is 23.1 Å². The van der Waals surface area contributed by atoms with Gasteiger partial charge in [-0.25, -0.2) is 4.79 Å². The molecule has 29 heavy (non-hydrogen) atoms. The minimum Gasteiger partial charge on any atom is -0.456 e. The van der Waals surface area contributed by atoms with E-state index in [-0.39, 0.29) is 6.03 Å². The first-order chi connectivity index (χ1) is 14.2. The lowest BCUT2D eigenvalue weighted by atomic mass is 10.2. The Morgan fingerprint density at radius 1 is 1.10 bits per heavy atom. The highest BCUT2D eigenvalue weighted by Gasteiger charge is 2.30. The van der Waals surface area contributed by atoms with Gasteiger partial charge in [0, 0.05) is 51.0 Å². The predicted molar refractivity (Wildman–Crippen MR) is 111 cm³/mol. The number of nitrogens with zero attached hydrogens (tertiary/aromatic N) is 3. The molecule has 2 saturated heterocycles. The molecular formula is C22H25N5O2. The molecule has 4 rings (SSSR count). The Kier molecular flexibility index (Phi) is 5.94. The number of hydrogen-bond acceptors (Lipinski definition) is 5. The van der Waals surface area contributed by atoms with Crippen molar-refractivity contribution in [1.29, 1.82) is 5.26 Å². The van der Waals surface area contributed by atoms with Crippen molar-refractivity contribution in [2.75, 3.05) is 44.6 Å². The molecule has 7 nitrogen and oxygen atoms in total. The molecule has 2 N–H and O–H groups in total. The number of nitriles is 1. The maximum Gasteiger partial charge on any atom is 0.321 e. The topological polar surface area (TPSA) is 80.6 Å². The highest BCUT2D eigenvalue weighted by atomic mass is 16.5. The molecule has 2 heterocycles. The van der Waals surface area contributed by atoms with Gasteiger partial charge in [0.05, 0.1) is 5.56 Å². The van der Waals surface area contributed by atoms with Gasteiger partial charge in [-0.15, -0.1) is 0 Å². The Balaban J connectivity index is 1.32. The summed E-state index contributed by atoms with van der Waals surface area (Å²) in [5.74, 6) is 1.13. The van der Waals surface area contributed by atoms with Gasteiger partial charge in [-0.05, 0) is 42.8 Å². The van der Waals surface area contributed by atoms with Crippen molar-refractivity contribution >= 4 is 11.7 Å². The van der Waals surface area contributed by atoms with Gasteiger partial charge >= 0.3 is 6.03 Å². The number of para-hydroxylation sites is 1. The third-order valence-electron chi connectivity index (χ3n) is 5.46. The minimum atomic E-state index is -0.0638. The van der Waals surface area contributed by atoms with E-state index in [4.69, 9.17) is 10.00 Å². The molecule has 1 unspecified atom stereocenters. The van der Waals surface area contributed by atoms with E-state index in [0.717, 1.165) is 51.4 Å². The fourth-order valence-corrected chi connectivity index (χ4v) is 3.86. The normalized spacial score (nSPS) is 19.6. The highest BCUT2D eigenvalue weighted by Crippen LogP contribution is 2.26. The van der Waals surface area contributed by atoms with Crippen LogP contribution in [0.4, 0.5) is 10.5 Å². The molecule has 0 saturated carbocycles. The molecule has 2 aromatic rings. The zero-order chi connectivity index (χ0) is 20.1. The van der Waals surface area contributed by atoms with E-state index in [9.17, 15) is 4.79 Å². The van der Waals surface area contributed by atoms with Gasteiger partial charge < -0.3 is 20.3 Å². The summed E-state index contributed by atoms with van der Waals surface area (Å²) in [6.07, 6.45) is 1.03. The number of amides is 2. The Bertz CT molecular complexity index is 887. The van der Waals surface area contributed by atoms with Crippen molar-refractivity contribution in [3.05, 3.63) is 54.1 Å². The second-order valence-electron chi connectivity index (χ2n) is 7.34. The minimum absolute atomic E-state index is 0.0638. The average molecular weight is 391 g/mol. The summed E-state index contributed by atoms with van der Waals surface area (Å²) >= 11 is 0. The number of rotatable bonds is 4. The summed E-state index contributed by atoms with van der Waals surface area (Å²) in [6, 6.07) is 16.8. The Hall–Kier alpha value is -3.08. The van der Waals surface area contributed by atoms with Crippen LogP contribution >= 0.6 is 0 Å². The van der Waals surface area contributed by atoms with E-state index < -0.39 is 0 Å². The van der Waals surface area contributed by atoms with Crippen LogP contribution in [0.2, 0.25) is 0 Å². The number of nitrogens with one attached hydrogen (secondary N) is 2. The summed E-state index contributed by atoms with van der Waals surface area (Å²) in [4.78, 5) is 17.0. The number of likely N-dealkylation sites (tertiary alicyclic amines) is 1. The molecule has 0 aromatic heterocycles. The summed E-state index contributed by atoms with van der Waals surface area (Å²) in [7, 11) is 0. The summed E-state index contributed by atoms with van der Waals surface area (Å²) in [6.45, 7) is 5.71. The number of piperazine rings is 1. The fourth-order valence-electron chi connectivity index (χ4n) is 3.86. The molecule has 2 amide bonds. The standard InChI is InChI=1S/C22H25N5O2/c23-15-17-3-1-2-4-21(17)29-20-7-5-18(6-8-20)25-22(28)27-12-9-19(16-27)26-13-10-24-11-14-26/h1-8,19,24H,9-14,16H2,(H,25,28). The number of ether oxygens (including phenoxy) is 1. The number of carbonyl (C=O) groups excluding carboxylic acids is 1. The number of hydrogen-bond donors (Lipinski definition) is 2. The van der Waals surface area contributed by atoms with Crippen molar-refractivity contribution in [3.63, 3.8) is 0 Å². The first-order valence-corrected chi connectivity index (χ1v) is 10.0. The van der Waals surface area contributed by atoms with E-state index in [1.807, 2.05) is 23.1 Å². The van der Waals surface area contributed by atoms with Crippen LogP contribution in [0.5, 0.6) is 11.5 Å². The highest BCUT2D eigenvalue weighted by molar-refractivity contribution is 5.89. The number of urea groups is 1. The van der Waals surface area contributed by atoms with E-state index in [1.165, 1.54) is 0 Å². The van der Waals surface area contributed by atoms with Crippen LogP contribution in [0.15, 0.2) is 48.5 Å². The monoisotopic (exact) mass is 391 g/mol. The van der Waals surface area contributed by atoms with E-state index in [1.54, 1.807) is 30.3 Å². The quantitative estimate of drug-likeness (QED) is 0.838. The van der Waals surface area contributed by atoms with Crippen molar-refractivity contribution in [2.24, 2.45) is 0 Å². The average Bonchev–Trinajstić information content (AvgIpc) is 3.27. The molecule has 0 radical (unpaired) electrons. The van der Waals surface area contributed by atoms with Gasteiger partial charge in [0.1, 0.15) is 17.6 Å². The van der Waals surface area contributed by atoms with Crippen molar-refractivity contribution in [2.45, 2.75) is 12.5 Å². The van der Waals surface area contributed by atoms with Gasteiger partial charge in [0.25, 0.3) is 0 Å². The Morgan fingerprint density at radius 2 is 1.86 bits per heavy atom. The molecule has 2 aromatic carbocycles. The zero-order valence-corrected chi connectivity index (χ0v) is 16.3. The summed E-state index contributed by atoms with van der Waals surface area (Å²) < 4.78 is 5.79. The lowest BCUT2D eigenvalue weighted by Gasteiger charge is -2.32. The number of carbonyl (C=O) groups is 1. The SMILES string of the molecule is N#Cc1ccccc1Oc1ccc(NC(=O)N2CCC(N3CCNCC3)C2)cc1. The van der Waals surface area contributed by atoms with Crippen molar-refractivity contribution < 1.29 is 9.53 Å². The van der Waals surface area contributed by atoms with Crippen molar-refractivity contribution in [3.8, 4) is 17.6 Å². The zero-order valence-electron chi connectivity index (χ0n) is 16.3. The second-order valence-corrected chi connectivity index (χ2v) is 7.34. The van der Waals surface area contributed by atoms with Gasteiger partial charge in [-0.2, -0.15) is 5.26 Å². The van der Waals surface area contributed by atoms with Gasteiger partial charge in [-0.3, -0.25) is 4.90 Å². The van der Waals surface area contributed by atoms with E-state index in [2.05, 4.69) is 21.6 Å². The third-order valence-corrected chi connectivity index (χ3v) is 5.46. The van der Waals surface area contributed by atoms with Crippen LogP contribution in [-0.2, 0) is 0 Å². The molecule has 2 aliphatic heterocycles. The molecule has 0 spiro atoms. The van der Waals surface area contributed by atoms with Crippen LogP contribution in [0.3, 0.4) is 0 Å². The smallest absolute Gasteiger partial charge is 0.321 e. The van der Waals surface area contributed by atoms with E-state index >= 15 is 0 Å². The van der Waals surface area contributed by atoms with Crippen LogP contribution in [-0.4, -0.2) is 61.1 Å². The fraction of sp³-hybridized carbons (Fsp3) is 0.364. The molecule has 2 fully saturated rings. The van der Waals surface area contributed by atoms with Gasteiger partial charge in [0.15, 0.2) is 0 Å². The Labute approximate surface area is 170 Å². The second kappa shape index (κ2) is 8.95. The molecule has 150 valence electrons. The molecule has 1 atom stereocenters. The third kappa shape index (κ3) is 4.67. The molecule has 0 aliphatic carbocycles. The molecule has 2 aliphatic rings. The first-order valence-electron chi connectivity index (χ1n) is 10.0. The maximum atomic E-state index is 12.6. The summed E-state index contributed by atoms with van der Waals surface area (Å²) in [5, 5.41) is 15.5. The largest absolute Gasteiger partial charge is 0.456 e. The van der Waals surface area contributed by atoms with Gasteiger partial charge in [0.2, 0.25) is 0 Å². The molecular weight excluding hydrogens is 366 g/mol. The maximum absolute atomic E-state index is 12.6. The lowest BCUT2D eigenvalue weighted by Crippen LogP contribution is -2.49. The first kappa shape index (κ1) is 19.2. The molecule has 7 heteroatoms. The Morgan fingerprint density at radius 3 is 2.62 bits per heavy atom. The van der Waals surface area contributed by atoms with Crippen molar-refractivity contribution in [1.82, 2.24) is 15.1 Å². The van der Waals surface area contributed by atoms with Crippen LogP contribution < -0.4 is 15.4 Å². The van der Waals surface area contributed by atoms with Crippen LogP contribution in [0, 0.1) is 11.3 Å². The van der Waals surface area contributed by atoms with Crippen LogP contribution in [0.1, 0.15) is 12.0 Å². The van der Waals surface area contributed by atoms with Gasteiger partial charge in [-0.1, -0.05) is 12.1 Å². The summed E-state index contributed by atoms with van der Waals surface area (Å²) in [5.41, 5.74) is 1.21. The number of benzene rings is 2. The molecule has 0 bridgehead atoms.